The summed E-state index contributed by atoms with van der Waals surface area (Å²) in [7, 11) is 2.84. The average Bonchev–Trinajstić information content (AvgIpc) is 2.18. The summed E-state index contributed by atoms with van der Waals surface area (Å²) in [5.74, 6) is -0.866. The van der Waals surface area contributed by atoms with Crippen LogP contribution in [-0.2, 0) is 18.3 Å². The highest BCUT2D eigenvalue weighted by molar-refractivity contribution is 6.66. The molecule has 1 heterocycles. The minimum Gasteiger partial charge on any atom is -0.398 e. The van der Waals surface area contributed by atoms with Gasteiger partial charge in [-0.3, -0.25) is 0 Å². The minimum atomic E-state index is -2.04. The second-order valence-electron chi connectivity index (χ2n) is 3.38. The van der Waals surface area contributed by atoms with E-state index in [0.717, 1.165) is 18.9 Å². The Hall–Kier alpha value is 0.0569. The summed E-state index contributed by atoms with van der Waals surface area (Å²) < 4.78 is 21.6. The smallest absolute Gasteiger partial charge is 0.339 e. The third kappa shape index (κ3) is 2.29. The lowest BCUT2D eigenvalue weighted by Gasteiger charge is -2.41. The Morgan fingerprint density at radius 2 is 1.85 bits per heavy atom. The van der Waals surface area contributed by atoms with Crippen LogP contribution in [0.2, 0.25) is 12.6 Å². The molecule has 0 saturated carbocycles. The maximum absolute atomic E-state index is 5.78. The summed E-state index contributed by atoms with van der Waals surface area (Å²) in [4.78, 5) is 0. The van der Waals surface area contributed by atoms with E-state index in [9.17, 15) is 0 Å². The Morgan fingerprint density at radius 1 is 1.23 bits per heavy atom. The fraction of sp³-hybridized carbons (Fsp3) is 1.00. The molecule has 13 heavy (non-hydrogen) atoms. The molecule has 78 valence electrons. The SMILES string of the molecule is COC1(OC)CCC[Si](C)(OC)O1. The molecule has 1 aliphatic rings. The van der Waals surface area contributed by atoms with Crippen molar-refractivity contribution in [3.63, 3.8) is 0 Å². The van der Waals surface area contributed by atoms with Gasteiger partial charge in [-0.2, -0.15) is 0 Å². The molecule has 1 atom stereocenters. The van der Waals surface area contributed by atoms with Crippen molar-refractivity contribution in [2.45, 2.75) is 31.4 Å². The first-order chi connectivity index (χ1) is 6.10. The van der Waals surface area contributed by atoms with E-state index < -0.39 is 14.5 Å². The normalized spacial score (nSPS) is 33.2. The average molecular weight is 206 g/mol. The second kappa shape index (κ2) is 4.06. The van der Waals surface area contributed by atoms with E-state index in [0.29, 0.717) is 0 Å². The molecular weight excluding hydrogens is 188 g/mol. The highest BCUT2D eigenvalue weighted by atomic mass is 28.4. The largest absolute Gasteiger partial charge is 0.398 e. The Morgan fingerprint density at radius 3 is 2.31 bits per heavy atom. The Balaban J connectivity index is 2.69. The van der Waals surface area contributed by atoms with Gasteiger partial charge in [-0.05, 0) is 19.0 Å². The molecule has 0 aromatic heterocycles. The zero-order valence-electron chi connectivity index (χ0n) is 8.75. The Labute approximate surface area is 80.4 Å². The van der Waals surface area contributed by atoms with E-state index in [1.165, 1.54) is 0 Å². The van der Waals surface area contributed by atoms with Crippen LogP contribution in [0.4, 0.5) is 0 Å². The van der Waals surface area contributed by atoms with Crippen LogP contribution in [0.5, 0.6) is 0 Å². The lowest BCUT2D eigenvalue weighted by molar-refractivity contribution is -0.340. The Bertz CT molecular complexity index is 172. The van der Waals surface area contributed by atoms with Crippen molar-refractivity contribution < 1.29 is 18.3 Å². The predicted octanol–water partition coefficient (Wildman–Crippen LogP) is 1.46. The van der Waals surface area contributed by atoms with Crippen molar-refractivity contribution in [1.29, 1.82) is 0 Å². The second-order valence-corrected chi connectivity index (χ2v) is 6.76. The first-order valence-electron chi connectivity index (χ1n) is 4.45. The molecule has 0 N–H and O–H groups in total. The lowest BCUT2D eigenvalue weighted by Crippen LogP contribution is -2.53. The van der Waals surface area contributed by atoms with Crippen LogP contribution in [0.1, 0.15) is 12.8 Å². The van der Waals surface area contributed by atoms with E-state index in [1.54, 1.807) is 21.3 Å². The first kappa shape index (κ1) is 11.1. The summed E-state index contributed by atoms with van der Waals surface area (Å²) in [5, 5.41) is 0. The van der Waals surface area contributed by atoms with Crippen molar-refractivity contribution in [3.8, 4) is 0 Å². The van der Waals surface area contributed by atoms with Crippen LogP contribution in [0, 0.1) is 0 Å². The van der Waals surface area contributed by atoms with Crippen LogP contribution < -0.4 is 0 Å². The van der Waals surface area contributed by atoms with Crippen molar-refractivity contribution in [2.24, 2.45) is 0 Å². The summed E-state index contributed by atoms with van der Waals surface area (Å²) >= 11 is 0. The number of hydrogen-bond donors (Lipinski definition) is 0. The minimum absolute atomic E-state index is 0.770. The fourth-order valence-electron chi connectivity index (χ4n) is 1.57. The van der Waals surface area contributed by atoms with Gasteiger partial charge in [-0.15, -0.1) is 0 Å². The molecular formula is C8H18O4Si. The van der Waals surface area contributed by atoms with Crippen LogP contribution in [-0.4, -0.2) is 35.9 Å². The van der Waals surface area contributed by atoms with Crippen LogP contribution >= 0.6 is 0 Å². The summed E-state index contributed by atoms with van der Waals surface area (Å²) in [6, 6.07) is 0.998. The summed E-state index contributed by atoms with van der Waals surface area (Å²) in [6.07, 6.45) is 1.80. The van der Waals surface area contributed by atoms with E-state index in [1.807, 2.05) is 6.55 Å². The van der Waals surface area contributed by atoms with Crippen molar-refractivity contribution in [1.82, 2.24) is 0 Å². The molecule has 0 aromatic carbocycles. The van der Waals surface area contributed by atoms with Gasteiger partial charge in [0, 0.05) is 27.8 Å². The Kier molecular flexibility index (Phi) is 3.48. The number of hydrogen-bond acceptors (Lipinski definition) is 4. The zero-order valence-corrected chi connectivity index (χ0v) is 9.75. The van der Waals surface area contributed by atoms with Crippen LogP contribution in [0.25, 0.3) is 0 Å². The van der Waals surface area contributed by atoms with Gasteiger partial charge in [-0.25, -0.2) is 0 Å². The molecule has 0 aromatic rings. The van der Waals surface area contributed by atoms with E-state index >= 15 is 0 Å². The van der Waals surface area contributed by atoms with Gasteiger partial charge in [0.15, 0.2) is 0 Å². The van der Waals surface area contributed by atoms with Gasteiger partial charge < -0.3 is 18.3 Å². The van der Waals surface area contributed by atoms with Gasteiger partial charge in [0.1, 0.15) is 0 Å². The molecule has 1 rings (SSSR count). The lowest BCUT2D eigenvalue weighted by atomic mass is 10.3. The molecule has 1 saturated heterocycles. The molecule has 0 spiro atoms. The van der Waals surface area contributed by atoms with Gasteiger partial charge in [0.05, 0.1) is 0 Å². The number of rotatable bonds is 3. The van der Waals surface area contributed by atoms with Gasteiger partial charge in [0.25, 0.3) is 5.97 Å². The molecule has 1 aliphatic heterocycles. The zero-order chi connectivity index (χ0) is 9.95. The molecule has 1 unspecified atom stereocenters. The maximum Gasteiger partial charge on any atom is 0.339 e. The number of methoxy groups -OCH3 is 2. The first-order valence-corrected chi connectivity index (χ1v) is 6.98. The van der Waals surface area contributed by atoms with E-state index in [2.05, 4.69) is 0 Å². The third-order valence-electron chi connectivity index (χ3n) is 2.54. The highest BCUT2D eigenvalue weighted by Crippen LogP contribution is 2.34. The standard InChI is InChI=1S/C8H18O4Si/c1-9-8(10-2)6-5-7-13(4,11-3)12-8/h5-7H2,1-4H3. The summed E-state index contributed by atoms with van der Waals surface area (Å²) in [6.45, 7) is 2.03. The molecule has 0 bridgehead atoms. The maximum atomic E-state index is 5.78. The van der Waals surface area contributed by atoms with Crippen molar-refractivity contribution in [2.75, 3.05) is 21.3 Å². The molecule has 0 radical (unpaired) electrons. The topological polar surface area (TPSA) is 36.9 Å². The molecule has 0 aliphatic carbocycles. The van der Waals surface area contributed by atoms with Crippen molar-refractivity contribution in [3.05, 3.63) is 0 Å². The van der Waals surface area contributed by atoms with Gasteiger partial charge in [0.2, 0.25) is 0 Å². The summed E-state index contributed by atoms with van der Waals surface area (Å²) in [5.41, 5.74) is 0. The van der Waals surface area contributed by atoms with Gasteiger partial charge >= 0.3 is 8.56 Å². The fourth-order valence-corrected chi connectivity index (χ4v) is 3.71. The van der Waals surface area contributed by atoms with E-state index in [-0.39, 0.29) is 0 Å². The third-order valence-corrected chi connectivity index (χ3v) is 5.41. The van der Waals surface area contributed by atoms with Crippen LogP contribution in [0.3, 0.4) is 0 Å². The molecule has 0 amide bonds. The van der Waals surface area contributed by atoms with Crippen molar-refractivity contribution >= 4 is 8.56 Å². The van der Waals surface area contributed by atoms with E-state index in [4.69, 9.17) is 18.3 Å². The molecule has 5 heteroatoms. The molecule has 1 fully saturated rings. The highest BCUT2D eigenvalue weighted by Gasteiger charge is 2.46. The number of ether oxygens (including phenoxy) is 2. The molecule has 4 nitrogen and oxygen atoms in total. The quantitative estimate of drug-likeness (QED) is 0.517. The van der Waals surface area contributed by atoms with Crippen LogP contribution in [0.15, 0.2) is 0 Å². The monoisotopic (exact) mass is 206 g/mol. The predicted molar refractivity (Wildman–Crippen MR) is 50.5 cm³/mol. The van der Waals surface area contributed by atoms with Gasteiger partial charge in [-0.1, -0.05) is 0 Å².